The molecule has 2 rings (SSSR count). The van der Waals surface area contributed by atoms with Crippen molar-refractivity contribution in [1.29, 1.82) is 0 Å². The summed E-state index contributed by atoms with van der Waals surface area (Å²) in [5.41, 5.74) is 1.25. The standard InChI is InChI=1S/C15H22ClNO/c1-3-15(13-7-8-18-10-13)17-11(2)12-5-4-6-14(16)9-12/h4-6,9,11,13,15,17H,3,7-8,10H2,1-2H3. The number of halogens is 1. The van der Waals surface area contributed by atoms with Crippen molar-refractivity contribution in [3.63, 3.8) is 0 Å². The van der Waals surface area contributed by atoms with E-state index in [1.807, 2.05) is 18.2 Å². The first-order valence-electron chi connectivity index (χ1n) is 6.80. The molecule has 2 nitrogen and oxygen atoms in total. The molecule has 0 aliphatic carbocycles. The Balaban J connectivity index is 1.98. The van der Waals surface area contributed by atoms with Gasteiger partial charge in [-0.2, -0.15) is 0 Å². The SMILES string of the molecule is CCC(NC(C)c1cccc(Cl)c1)C1CCOC1. The Morgan fingerprint density at radius 3 is 2.94 bits per heavy atom. The summed E-state index contributed by atoms with van der Waals surface area (Å²) >= 11 is 6.04. The molecule has 0 spiro atoms. The molecule has 1 aliphatic rings. The molecule has 18 heavy (non-hydrogen) atoms. The summed E-state index contributed by atoms with van der Waals surface area (Å²) < 4.78 is 5.49. The molecule has 3 heteroatoms. The zero-order valence-corrected chi connectivity index (χ0v) is 11.9. The van der Waals surface area contributed by atoms with Gasteiger partial charge in [-0.3, -0.25) is 0 Å². The average molecular weight is 268 g/mol. The van der Waals surface area contributed by atoms with Crippen LogP contribution in [-0.4, -0.2) is 19.3 Å². The maximum Gasteiger partial charge on any atom is 0.0510 e. The van der Waals surface area contributed by atoms with Gasteiger partial charge < -0.3 is 10.1 Å². The molecule has 0 amide bonds. The van der Waals surface area contributed by atoms with Crippen molar-refractivity contribution >= 4 is 11.6 Å². The van der Waals surface area contributed by atoms with Gasteiger partial charge in [-0.25, -0.2) is 0 Å². The third kappa shape index (κ3) is 3.47. The molecule has 1 fully saturated rings. The molecule has 3 unspecified atom stereocenters. The van der Waals surface area contributed by atoms with Crippen LogP contribution in [0.3, 0.4) is 0 Å². The summed E-state index contributed by atoms with van der Waals surface area (Å²) in [5.74, 6) is 0.650. The van der Waals surface area contributed by atoms with Crippen LogP contribution in [0.1, 0.15) is 38.3 Å². The second-order valence-corrected chi connectivity index (χ2v) is 5.52. The molecule has 100 valence electrons. The number of ether oxygens (including phenoxy) is 1. The summed E-state index contributed by atoms with van der Waals surface area (Å²) in [6, 6.07) is 8.95. The van der Waals surface area contributed by atoms with Crippen LogP contribution in [0.25, 0.3) is 0 Å². The fraction of sp³-hybridized carbons (Fsp3) is 0.600. The van der Waals surface area contributed by atoms with E-state index < -0.39 is 0 Å². The second-order valence-electron chi connectivity index (χ2n) is 5.08. The van der Waals surface area contributed by atoms with Crippen molar-refractivity contribution in [3.05, 3.63) is 34.9 Å². The smallest absolute Gasteiger partial charge is 0.0510 e. The van der Waals surface area contributed by atoms with Gasteiger partial charge in [-0.1, -0.05) is 30.7 Å². The summed E-state index contributed by atoms with van der Waals surface area (Å²) in [6.45, 7) is 6.24. The number of benzene rings is 1. The van der Waals surface area contributed by atoms with E-state index in [2.05, 4.69) is 25.2 Å². The third-order valence-corrected chi connectivity index (χ3v) is 4.02. The van der Waals surface area contributed by atoms with Gasteiger partial charge in [0.15, 0.2) is 0 Å². The zero-order valence-electron chi connectivity index (χ0n) is 11.2. The minimum atomic E-state index is 0.328. The van der Waals surface area contributed by atoms with E-state index in [-0.39, 0.29) is 0 Å². The predicted molar refractivity (Wildman–Crippen MR) is 76.0 cm³/mol. The van der Waals surface area contributed by atoms with Gasteiger partial charge in [-0.05, 0) is 43.4 Å². The first kappa shape index (κ1) is 13.9. The molecule has 3 atom stereocenters. The van der Waals surface area contributed by atoms with E-state index in [1.54, 1.807) is 0 Å². The van der Waals surface area contributed by atoms with Gasteiger partial charge in [0.2, 0.25) is 0 Å². The summed E-state index contributed by atoms with van der Waals surface area (Å²) in [7, 11) is 0. The summed E-state index contributed by atoms with van der Waals surface area (Å²) in [6.07, 6.45) is 2.31. The van der Waals surface area contributed by atoms with Crippen LogP contribution < -0.4 is 5.32 Å². The van der Waals surface area contributed by atoms with E-state index >= 15 is 0 Å². The Bertz CT molecular complexity index is 377. The number of hydrogen-bond acceptors (Lipinski definition) is 2. The number of hydrogen-bond donors (Lipinski definition) is 1. The van der Waals surface area contributed by atoms with Crippen LogP contribution in [0.15, 0.2) is 24.3 Å². The lowest BCUT2D eigenvalue weighted by atomic mass is 9.95. The minimum absolute atomic E-state index is 0.328. The monoisotopic (exact) mass is 267 g/mol. The molecule has 0 bridgehead atoms. The van der Waals surface area contributed by atoms with E-state index in [1.165, 1.54) is 12.0 Å². The lowest BCUT2D eigenvalue weighted by Gasteiger charge is -2.26. The van der Waals surface area contributed by atoms with E-state index in [0.717, 1.165) is 24.7 Å². The maximum absolute atomic E-state index is 6.04. The normalized spacial score (nSPS) is 22.9. The van der Waals surface area contributed by atoms with Gasteiger partial charge >= 0.3 is 0 Å². The molecular weight excluding hydrogens is 246 g/mol. The first-order chi connectivity index (χ1) is 8.70. The van der Waals surface area contributed by atoms with Crippen LogP contribution in [-0.2, 0) is 4.74 Å². The Kier molecular flexibility index (Phi) is 5.04. The lowest BCUT2D eigenvalue weighted by molar-refractivity contribution is 0.174. The molecule has 1 saturated heterocycles. The maximum atomic E-state index is 6.04. The third-order valence-electron chi connectivity index (χ3n) is 3.79. The van der Waals surface area contributed by atoms with Crippen molar-refractivity contribution < 1.29 is 4.74 Å². The topological polar surface area (TPSA) is 21.3 Å². The Labute approximate surface area is 115 Å². The minimum Gasteiger partial charge on any atom is -0.381 e. The summed E-state index contributed by atoms with van der Waals surface area (Å²) in [5, 5.41) is 4.52. The predicted octanol–water partition coefficient (Wildman–Crippen LogP) is 3.81. The van der Waals surface area contributed by atoms with Gasteiger partial charge in [0.05, 0.1) is 6.61 Å². The van der Waals surface area contributed by atoms with E-state index in [9.17, 15) is 0 Å². The highest BCUT2D eigenvalue weighted by atomic mass is 35.5. The van der Waals surface area contributed by atoms with Gasteiger partial charge in [0.25, 0.3) is 0 Å². The highest BCUT2D eigenvalue weighted by Crippen LogP contribution is 2.23. The van der Waals surface area contributed by atoms with Crippen LogP contribution in [0.5, 0.6) is 0 Å². The van der Waals surface area contributed by atoms with Gasteiger partial charge in [-0.15, -0.1) is 0 Å². The van der Waals surface area contributed by atoms with Crippen LogP contribution in [0.4, 0.5) is 0 Å². The van der Waals surface area contributed by atoms with Crippen LogP contribution >= 0.6 is 11.6 Å². The summed E-state index contributed by atoms with van der Waals surface area (Å²) in [4.78, 5) is 0. The van der Waals surface area contributed by atoms with Crippen LogP contribution in [0.2, 0.25) is 5.02 Å². The van der Waals surface area contributed by atoms with Gasteiger partial charge in [0, 0.05) is 23.7 Å². The Morgan fingerprint density at radius 2 is 2.33 bits per heavy atom. The average Bonchev–Trinajstić information content (AvgIpc) is 2.89. The van der Waals surface area contributed by atoms with Crippen LogP contribution in [0, 0.1) is 5.92 Å². The molecular formula is C15H22ClNO. The Morgan fingerprint density at radius 1 is 1.50 bits per heavy atom. The largest absolute Gasteiger partial charge is 0.381 e. The molecule has 0 saturated carbocycles. The van der Waals surface area contributed by atoms with Crippen molar-refractivity contribution in [3.8, 4) is 0 Å². The fourth-order valence-electron chi connectivity index (χ4n) is 2.65. The zero-order chi connectivity index (χ0) is 13.0. The highest BCUT2D eigenvalue weighted by Gasteiger charge is 2.25. The van der Waals surface area contributed by atoms with Crippen molar-refractivity contribution in [2.45, 2.75) is 38.8 Å². The highest BCUT2D eigenvalue weighted by molar-refractivity contribution is 6.30. The second kappa shape index (κ2) is 6.55. The fourth-order valence-corrected chi connectivity index (χ4v) is 2.85. The molecule has 1 aromatic carbocycles. The number of rotatable bonds is 5. The molecule has 1 aromatic rings. The molecule has 1 aliphatic heterocycles. The van der Waals surface area contributed by atoms with E-state index in [0.29, 0.717) is 18.0 Å². The Hall–Kier alpha value is -0.570. The van der Waals surface area contributed by atoms with Gasteiger partial charge in [0.1, 0.15) is 0 Å². The molecule has 0 radical (unpaired) electrons. The molecule has 1 heterocycles. The van der Waals surface area contributed by atoms with Crippen molar-refractivity contribution in [2.75, 3.05) is 13.2 Å². The molecule has 0 aromatic heterocycles. The number of nitrogens with one attached hydrogen (secondary N) is 1. The van der Waals surface area contributed by atoms with Crippen molar-refractivity contribution in [1.82, 2.24) is 5.32 Å². The quantitative estimate of drug-likeness (QED) is 0.876. The lowest BCUT2D eigenvalue weighted by Crippen LogP contribution is -2.37. The van der Waals surface area contributed by atoms with Crippen molar-refractivity contribution in [2.24, 2.45) is 5.92 Å². The van der Waals surface area contributed by atoms with E-state index in [4.69, 9.17) is 16.3 Å². The molecule has 1 N–H and O–H groups in total. The first-order valence-corrected chi connectivity index (χ1v) is 7.17.